The first-order chi connectivity index (χ1) is 8.73. The van der Waals surface area contributed by atoms with Crippen LogP contribution in [0.15, 0.2) is 18.2 Å². The topological polar surface area (TPSA) is 44.5 Å². The lowest BCUT2D eigenvalue weighted by molar-refractivity contribution is 0.200. The monoisotopic (exact) mass is 265 g/mol. The van der Waals surface area contributed by atoms with E-state index in [1.807, 2.05) is 23.9 Å². The number of para-hydroxylation sites is 1. The molecule has 1 aliphatic heterocycles. The van der Waals surface area contributed by atoms with Gasteiger partial charge in [-0.25, -0.2) is 0 Å². The Bertz CT molecular complexity index is 441. The van der Waals surface area contributed by atoms with Gasteiger partial charge in [0.15, 0.2) is 11.5 Å². The molecule has 0 radical (unpaired) electrons. The number of methoxy groups -OCH3 is 1. The van der Waals surface area contributed by atoms with Gasteiger partial charge in [-0.1, -0.05) is 12.1 Å². The molecule has 1 aliphatic carbocycles. The van der Waals surface area contributed by atoms with Crippen LogP contribution in [0.5, 0.6) is 11.5 Å². The summed E-state index contributed by atoms with van der Waals surface area (Å²) in [5.41, 5.74) is 7.35. The van der Waals surface area contributed by atoms with Crippen molar-refractivity contribution in [3.05, 3.63) is 23.8 Å². The Kier molecular flexibility index (Phi) is 3.16. The van der Waals surface area contributed by atoms with Crippen molar-refractivity contribution in [1.82, 2.24) is 0 Å². The van der Waals surface area contributed by atoms with Gasteiger partial charge in [0.05, 0.1) is 7.11 Å². The third-order valence-corrected chi connectivity index (χ3v) is 5.09. The van der Waals surface area contributed by atoms with Crippen molar-refractivity contribution in [2.24, 2.45) is 5.73 Å². The molecule has 1 aromatic rings. The standard InChI is InChI=1S/C14H19NO2S/c1-16-12-5-2-4-11(14(15)6-3-7-14)13(12)17-10-8-18-9-10/h2,4-5,10H,3,6-9,15H2,1H3. The minimum absolute atomic E-state index is 0.208. The van der Waals surface area contributed by atoms with Crippen LogP contribution in [-0.4, -0.2) is 24.7 Å². The number of thioether (sulfide) groups is 1. The molecule has 0 amide bonds. The molecule has 98 valence electrons. The summed E-state index contributed by atoms with van der Waals surface area (Å²) in [6, 6.07) is 6.04. The van der Waals surface area contributed by atoms with Gasteiger partial charge in [-0.2, -0.15) is 11.8 Å². The summed E-state index contributed by atoms with van der Waals surface area (Å²) in [7, 11) is 1.69. The predicted octanol–water partition coefficient (Wildman–Crippen LogP) is 2.53. The van der Waals surface area contributed by atoms with E-state index in [-0.39, 0.29) is 5.54 Å². The average molecular weight is 265 g/mol. The SMILES string of the molecule is COc1cccc(C2(N)CCC2)c1OC1CSC1. The number of hydrogen-bond donors (Lipinski definition) is 1. The van der Waals surface area contributed by atoms with Crippen LogP contribution in [0.1, 0.15) is 24.8 Å². The van der Waals surface area contributed by atoms with Gasteiger partial charge < -0.3 is 15.2 Å². The quantitative estimate of drug-likeness (QED) is 0.908. The van der Waals surface area contributed by atoms with Crippen LogP contribution in [0.25, 0.3) is 0 Å². The first-order valence-electron chi connectivity index (χ1n) is 6.44. The summed E-state index contributed by atoms with van der Waals surface area (Å²) in [6.07, 6.45) is 3.59. The second kappa shape index (κ2) is 4.67. The molecule has 18 heavy (non-hydrogen) atoms. The summed E-state index contributed by atoms with van der Waals surface area (Å²) in [5.74, 6) is 3.80. The van der Waals surface area contributed by atoms with Gasteiger partial charge in [-0.05, 0) is 25.3 Å². The zero-order chi connectivity index (χ0) is 12.6. The molecule has 2 N–H and O–H groups in total. The Morgan fingerprint density at radius 1 is 1.33 bits per heavy atom. The molecule has 0 spiro atoms. The Labute approximate surface area is 112 Å². The van der Waals surface area contributed by atoms with Crippen LogP contribution in [0.3, 0.4) is 0 Å². The highest BCUT2D eigenvalue weighted by molar-refractivity contribution is 8.00. The predicted molar refractivity (Wildman–Crippen MR) is 74.5 cm³/mol. The third-order valence-electron chi connectivity index (χ3n) is 3.87. The summed E-state index contributed by atoms with van der Waals surface area (Å²) >= 11 is 1.91. The Morgan fingerprint density at radius 2 is 2.11 bits per heavy atom. The average Bonchev–Trinajstić information content (AvgIpc) is 2.30. The highest BCUT2D eigenvalue weighted by Gasteiger charge is 2.38. The zero-order valence-corrected chi connectivity index (χ0v) is 11.5. The van der Waals surface area contributed by atoms with Crippen molar-refractivity contribution in [2.45, 2.75) is 30.9 Å². The zero-order valence-electron chi connectivity index (χ0n) is 10.6. The molecular formula is C14H19NO2S. The number of hydrogen-bond acceptors (Lipinski definition) is 4. The third kappa shape index (κ3) is 1.97. The Hall–Kier alpha value is -0.870. The normalized spacial score (nSPS) is 21.9. The van der Waals surface area contributed by atoms with Crippen molar-refractivity contribution in [3.8, 4) is 11.5 Å². The fourth-order valence-electron chi connectivity index (χ4n) is 2.47. The molecular weight excluding hydrogens is 246 g/mol. The van der Waals surface area contributed by atoms with E-state index in [1.165, 1.54) is 6.42 Å². The van der Waals surface area contributed by atoms with E-state index >= 15 is 0 Å². The highest BCUT2D eigenvalue weighted by Crippen LogP contribution is 2.46. The van der Waals surface area contributed by atoms with Gasteiger partial charge in [-0.15, -0.1) is 0 Å². The lowest BCUT2D eigenvalue weighted by atomic mass is 9.72. The van der Waals surface area contributed by atoms with Gasteiger partial charge in [0.25, 0.3) is 0 Å². The van der Waals surface area contributed by atoms with Crippen molar-refractivity contribution >= 4 is 11.8 Å². The molecule has 3 rings (SSSR count). The van der Waals surface area contributed by atoms with Gasteiger partial charge in [0.2, 0.25) is 0 Å². The lowest BCUT2D eigenvalue weighted by Gasteiger charge is -2.40. The smallest absolute Gasteiger partial charge is 0.166 e. The number of benzene rings is 1. The molecule has 0 unspecified atom stereocenters. The molecule has 0 bridgehead atoms. The maximum Gasteiger partial charge on any atom is 0.166 e. The number of ether oxygens (including phenoxy) is 2. The van der Waals surface area contributed by atoms with E-state index in [1.54, 1.807) is 7.11 Å². The first-order valence-corrected chi connectivity index (χ1v) is 7.59. The molecule has 1 heterocycles. The molecule has 2 aliphatic rings. The molecule has 0 atom stereocenters. The summed E-state index contributed by atoms with van der Waals surface area (Å²) < 4.78 is 11.5. The van der Waals surface area contributed by atoms with Gasteiger partial charge >= 0.3 is 0 Å². The molecule has 4 heteroatoms. The minimum Gasteiger partial charge on any atom is -0.493 e. The van der Waals surface area contributed by atoms with Gasteiger partial charge in [-0.3, -0.25) is 0 Å². The summed E-state index contributed by atoms with van der Waals surface area (Å²) in [5, 5.41) is 0. The highest BCUT2D eigenvalue weighted by atomic mass is 32.2. The van der Waals surface area contributed by atoms with Crippen LogP contribution in [-0.2, 0) is 5.54 Å². The molecule has 2 fully saturated rings. The van der Waals surface area contributed by atoms with Crippen LogP contribution in [0.4, 0.5) is 0 Å². The van der Waals surface area contributed by atoms with Crippen LogP contribution in [0, 0.1) is 0 Å². The van der Waals surface area contributed by atoms with Crippen LogP contribution < -0.4 is 15.2 Å². The molecule has 3 nitrogen and oxygen atoms in total. The van der Waals surface area contributed by atoms with E-state index in [0.29, 0.717) is 6.10 Å². The van der Waals surface area contributed by atoms with Crippen molar-refractivity contribution in [3.63, 3.8) is 0 Å². The molecule has 1 saturated heterocycles. The molecule has 1 saturated carbocycles. The molecule has 1 aromatic carbocycles. The van der Waals surface area contributed by atoms with Crippen LogP contribution in [0.2, 0.25) is 0 Å². The summed E-state index contributed by atoms with van der Waals surface area (Å²) in [6.45, 7) is 0. The largest absolute Gasteiger partial charge is 0.493 e. The van der Waals surface area contributed by atoms with Crippen molar-refractivity contribution < 1.29 is 9.47 Å². The maximum atomic E-state index is 6.44. The second-order valence-electron chi connectivity index (χ2n) is 5.12. The maximum absolute atomic E-state index is 6.44. The van der Waals surface area contributed by atoms with E-state index in [0.717, 1.165) is 41.4 Å². The fourth-order valence-corrected chi connectivity index (χ4v) is 3.03. The van der Waals surface area contributed by atoms with E-state index in [4.69, 9.17) is 15.2 Å². The number of rotatable bonds is 4. The Morgan fingerprint density at radius 3 is 2.61 bits per heavy atom. The summed E-state index contributed by atoms with van der Waals surface area (Å²) in [4.78, 5) is 0. The van der Waals surface area contributed by atoms with Gasteiger partial charge in [0, 0.05) is 22.6 Å². The van der Waals surface area contributed by atoms with E-state index < -0.39 is 0 Å². The minimum atomic E-state index is -0.208. The van der Waals surface area contributed by atoms with Crippen LogP contribution >= 0.6 is 11.8 Å². The van der Waals surface area contributed by atoms with E-state index in [9.17, 15) is 0 Å². The van der Waals surface area contributed by atoms with Crippen molar-refractivity contribution in [2.75, 3.05) is 18.6 Å². The van der Waals surface area contributed by atoms with Crippen molar-refractivity contribution in [1.29, 1.82) is 0 Å². The second-order valence-corrected chi connectivity index (χ2v) is 6.20. The van der Waals surface area contributed by atoms with E-state index in [2.05, 4.69) is 6.07 Å². The fraction of sp³-hybridized carbons (Fsp3) is 0.571. The number of nitrogens with two attached hydrogens (primary N) is 1. The Balaban J connectivity index is 1.95. The lowest BCUT2D eigenvalue weighted by Crippen LogP contribution is -2.44. The molecule has 0 aromatic heterocycles. The first kappa shape index (κ1) is 12.2. The van der Waals surface area contributed by atoms with Gasteiger partial charge in [0.1, 0.15) is 6.10 Å².